The maximum atomic E-state index is 11.9. The number of carbonyl (C=O) groups excluding carboxylic acids is 1. The van der Waals surface area contributed by atoms with Gasteiger partial charge in [0.25, 0.3) is 5.91 Å². The Morgan fingerprint density at radius 2 is 2.11 bits per heavy atom. The number of rotatable bonds is 2. The van der Waals surface area contributed by atoms with Crippen LogP contribution in [0.5, 0.6) is 0 Å². The molecule has 1 N–H and O–H groups in total. The number of nitrogens with zero attached hydrogens (tertiary/aromatic N) is 1. The Bertz CT molecular complexity index is 535. The Hall–Kier alpha value is -1.62. The number of furan rings is 1. The topological polar surface area (TPSA) is 55.1 Å². The molecule has 2 heterocycles. The van der Waals surface area contributed by atoms with Gasteiger partial charge in [0.05, 0.1) is 12.0 Å². The molecule has 0 spiro atoms. The molecule has 0 saturated heterocycles. The minimum atomic E-state index is -0.230. The zero-order valence-corrected chi connectivity index (χ0v) is 11.5. The molecule has 1 aliphatic carbocycles. The van der Waals surface area contributed by atoms with Crippen LogP contribution >= 0.6 is 11.3 Å². The molecule has 0 fully saturated rings. The van der Waals surface area contributed by atoms with Gasteiger partial charge in [-0.2, -0.15) is 0 Å². The van der Waals surface area contributed by atoms with Crippen molar-refractivity contribution in [2.45, 2.75) is 38.5 Å². The number of fused-ring (bicyclic) bond motifs is 1. The summed E-state index contributed by atoms with van der Waals surface area (Å²) < 4.78 is 5.07. The van der Waals surface area contributed by atoms with E-state index in [-0.39, 0.29) is 5.91 Å². The average Bonchev–Trinajstić information content (AvgIpc) is 3.00. The molecule has 1 aliphatic rings. The molecule has 0 unspecified atom stereocenters. The van der Waals surface area contributed by atoms with Crippen LogP contribution in [-0.4, -0.2) is 10.9 Å². The number of amides is 1. The van der Waals surface area contributed by atoms with Crippen LogP contribution in [0.4, 0.5) is 5.13 Å². The molecule has 1 amide bonds. The van der Waals surface area contributed by atoms with Gasteiger partial charge in [0.15, 0.2) is 10.9 Å². The Kier molecular flexibility index (Phi) is 3.64. The molecule has 0 atom stereocenters. The third kappa shape index (κ3) is 2.87. The summed E-state index contributed by atoms with van der Waals surface area (Å²) in [6.07, 6.45) is 8.61. The number of nitrogens with one attached hydrogen (secondary N) is 1. The highest BCUT2D eigenvalue weighted by Crippen LogP contribution is 2.28. The lowest BCUT2D eigenvalue weighted by molar-refractivity contribution is 0.0996. The van der Waals surface area contributed by atoms with Gasteiger partial charge >= 0.3 is 0 Å². The van der Waals surface area contributed by atoms with Crippen molar-refractivity contribution in [1.82, 2.24) is 4.98 Å². The van der Waals surface area contributed by atoms with E-state index in [2.05, 4.69) is 10.3 Å². The van der Waals surface area contributed by atoms with Crippen molar-refractivity contribution in [2.75, 3.05) is 5.32 Å². The monoisotopic (exact) mass is 276 g/mol. The fourth-order valence-electron chi connectivity index (χ4n) is 2.33. The van der Waals surface area contributed by atoms with Gasteiger partial charge in [-0.3, -0.25) is 10.1 Å². The van der Waals surface area contributed by atoms with Crippen LogP contribution in [0.1, 0.15) is 46.8 Å². The first kappa shape index (κ1) is 12.4. The summed E-state index contributed by atoms with van der Waals surface area (Å²) in [4.78, 5) is 17.8. The molecule has 5 heteroatoms. The Labute approximate surface area is 115 Å². The fourth-order valence-corrected chi connectivity index (χ4v) is 3.37. The van der Waals surface area contributed by atoms with E-state index in [0.717, 1.165) is 12.8 Å². The Morgan fingerprint density at radius 3 is 2.89 bits per heavy atom. The van der Waals surface area contributed by atoms with Gasteiger partial charge < -0.3 is 4.42 Å². The molecule has 3 rings (SSSR count). The summed E-state index contributed by atoms with van der Waals surface area (Å²) in [7, 11) is 0. The van der Waals surface area contributed by atoms with Gasteiger partial charge in [0.2, 0.25) is 0 Å². The lowest BCUT2D eigenvalue weighted by Gasteiger charge is -2.06. The number of aromatic nitrogens is 1. The predicted octanol–water partition coefficient (Wildman–Crippen LogP) is 3.65. The zero-order chi connectivity index (χ0) is 13.1. The van der Waals surface area contributed by atoms with Crippen LogP contribution in [0.2, 0.25) is 0 Å². The molecule has 0 saturated carbocycles. The van der Waals surface area contributed by atoms with Crippen molar-refractivity contribution >= 4 is 22.4 Å². The third-order valence-corrected chi connectivity index (χ3v) is 4.38. The Balaban J connectivity index is 1.75. The summed E-state index contributed by atoms with van der Waals surface area (Å²) in [6.45, 7) is 0. The molecule has 0 radical (unpaired) electrons. The van der Waals surface area contributed by atoms with Crippen molar-refractivity contribution in [3.8, 4) is 0 Å². The van der Waals surface area contributed by atoms with Gasteiger partial charge in [-0.05, 0) is 37.8 Å². The quantitative estimate of drug-likeness (QED) is 0.911. The molecule has 0 aromatic carbocycles. The van der Waals surface area contributed by atoms with Gasteiger partial charge in [-0.15, -0.1) is 11.3 Å². The van der Waals surface area contributed by atoms with Crippen LogP contribution in [0.15, 0.2) is 22.8 Å². The lowest BCUT2D eigenvalue weighted by Crippen LogP contribution is -2.10. The van der Waals surface area contributed by atoms with E-state index >= 15 is 0 Å². The smallest absolute Gasteiger partial charge is 0.293 e. The molecular weight excluding hydrogens is 260 g/mol. The highest BCUT2D eigenvalue weighted by atomic mass is 32.1. The van der Waals surface area contributed by atoms with Gasteiger partial charge in [-0.1, -0.05) is 12.8 Å². The largest absolute Gasteiger partial charge is 0.459 e. The van der Waals surface area contributed by atoms with E-state index < -0.39 is 0 Å². The normalized spacial score (nSPS) is 15.4. The number of aryl methyl sites for hydroxylation is 2. The zero-order valence-electron chi connectivity index (χ0n) is 10.6. The summed E-state index contributed by atoms with van der Waals surface area (Å²) in [6, 6.07) is 3.36. The third-order valence-electron chi connectivity index (χ3n) is 3.31. The van der Waals surface area contributed by atoms with Crippen molar-refractivity contribution < 1.29 is 9.21 Å². The number of thiazole rings is 1. The second-order valence-corrected chi connectivity index (χ2v) is 5.82. The SMILES string of the molecule is O=C(Nc1nc2c(s1)CCCCCC2)c1ccco1. The fraction of sp³-hybridized carbons (Fsp3) is 0.429. The van der Waals surface area contributed by atoms with Crippen LogP contribution < -0.4 is 5.32 Å². The number of carbonyl (C=O) groups is 1. The lowest BCUT2D eigenvalue weighted by atomic mass is 10.0. The van der Waals surface area contributed by atoms with Crippen LogP contribution in [0, 0.1) is 0 Å². The van der Waals surface area contributed by atoms with Crippen LogP contribution in [-0.2, 0) is 12.8 Å². The molecule has 0 bridgehead atoms. The summed E-state index contributed by atoms with van der Waals surface area (Å²) >= 11 is 1.60. The highest BCUT2D eigenvalue weighted by molar-refractivity contribution is 7.15. The first-order valence-corrected chi connectivity index (χ1v) is 7.48. The maximum Gasteiger partial charge on any atom is 0.293 e. The average molecular weight is 276 g/mol. The minimum Gasteiger partial charge on any atom is -0.459 e. The molecular formula is C14H16N2O2S. The van der Waals surface area contributed by atoms with Crippen molar-refractivity contribution in [3.63, 3.8) is 0 Å². The predicted molar refractivity (Wildman–Crippen MR) is 74.7 cm³/mol. The molecule has 4 nitrogen and oxygen atoms in total. The van der Waals surface area contributed by atoms with Gasteiger partial charge in [0, 0.05) is 4.88 Å². The van der Waals surface area contributed by atoms with Crippen molar-refractivity contribution in [1.29, 1.82) is 0 Å². The second kappa shape index (κ2) is 5.57. The van der Waals surface area contributed by atoms with E-state index in [0.29, 0.717) is 10.9 Å². The molecule has 2 aromatic rings. The molecule has 100 valence electrons. The van der Waals surface area contributed by atoms with E-state index in [1.807, 2.05) is 0 Å². The van der Waals surface area contributed by atoms with E-state index in [4.69, 9.17) is 4.42 Å². The van der Waals surface area contributed by atoms with E-state index in [1.165, 1.54) is 42.5 Å². The number of hydrogen-bond donors (Lipinski definition) is 1. The summed E-state index contributed by atoms with van der Waals surface area (Å²) in [5.74, 6) is 0.0920. The number of anilines is 1. The van der Waals surface area contributed by atoms with Gasteiger partial charge in [-0.25, -0.2) is 4.98 Å². The molecule has 2 aromatic heterocycles. The Morgan fingerprint density at radius 1 is 1.26 bits per heavy atom. The second-order valence-electron chi connectivity index (χ2n) is 4.73. The van der Waals surface area contributed by atoms with E-state index in [1.54, 1.807) is 23.5 Å². The van der Waals surface area contributed by atoms with E-state index in [9.17, 15) is 4.79 Å². The van der Waals surface area contributed by atoms with Crippen LogP contribution in [0.25, 0.3) is 0 Å². The molecule has 19 heavy (non-hydrogen) atoms. The summed E-state index contributed by atoms with van der Waals surface area (Å²) in [5.41, 5.74) is 1.17. The van der Waals surface area contributed by atoms with Crippen molar-refractivity contribution in [3.05, 3.63) is 34.7 Å². The number of hydrogen-bond acceptors (Lipinski definition) is 4. The van der Waals surface area contributed by atoms with Crippen LogP contribution in [0.3, 0.4) is 0 Å². The first-order chi connectivity index (χ1) is 9.33. The first-order valence-electron chi connectivity index (χ1n) is 6.66. The molecule has 0 aliphatic heterocycles. The summed E-state index contributed by atoms with van der Waals surface area (Å²) in [5, 5.41) is 3.51. The highest BCUT2D eigenvalue weighted by Gasteiger charge is 2.16. The van der Waals surface area contributed by atoms with Crippen molar-refractivity contribution in [2.24, 2.45) is 0 Å². The van der Waals surface area contributed by atoms with Gasteiger partial charge in [0.1, 0.15) is 0 Å². The maximum absolute atomic E-state index is 11.9. The standard InChI is InChI=1S/C14H16N2O2S/c17-13(11-7-5-9-18-11)16-14-15-10-6-3-1-2-4-8-12(10)19-14/h5,7,9H,1-4,6,8H2,(H,15,16,17). The minimum absolute atomic E-state index is 0.230.